The first-order valence-electron chi connectivity index (χ1n) is 6.19. The summed E-state index contributed by atoms with van der Waals surface area (Å²) in [5.74, 6) is 0.574. The highest BCUT2D eigenvalue weighted by Gasteiger charge is 2.26. The van der Waals surface area contributed by atoms with Crippen LogP contribution in [0.1, 0.15) is 29.8 Å². The molecule has 0 aromatic heterocycles. The molecule has 1 fully saturated rings. The first-order valence-corrected chi connectivity index (χ1v) is 7.67. The Hall–Kier alpha value is -0.670. The molecule has 2 atom stereocenters. The van der Waals surface area contributed by atoms with Gasteiger partial charge in [0.25, 0.3) is 5.91 Å². The van der Waals surface area contributed by atoms with Gasteiger partial charge in [0.2, 0.25) is 0 Å². The Morgan fingerprint density at radius 3 is 2.67 bits per heavy atom. The number of alkyl halides is 1. The summed E-state index contributed by atoms with van der Waals surface area (Å²) in [6, 6.07) is 7.61. The van der Waals surface area contributed by atoms with Crippen molar-refractivity contribution in [3.63, 3.8) is 0 Å². The molecule has 0 N–H and O–H groups in total. The Morgan fingerprint density at radius 2 is 2.06 bits per heavy atom. The van der Waals surface area contributed by atoms with E-state index < -0.39 is 0 Å². The molecular weight excluding hydrogens is 266 g/mol. The van der Waals surface area contributed by atoms with E-state index in [9.17, 15) is 4.79 Å². The van der Waals surface area contributed by atoms with Gasteiger partial charge in [0.05, 0.1) is 0 Å². The fourth-order valence-electron chi connectivity index (χ4n) is 2.31. The lowest BCUT2D eigenvalue weighted by Gasteiger charge is -2.34. The van der Waals surface area contributed by atoms with Crippen molar-refractivity contribution in [1.29, 1.82) is 0 Å². The Labute approximate surface area is 118 Å². The molecule has 1 aliphatic heterocycles. The Morgan fingerprint density at radius 1 is 1.39 bits per heavy atom. The van der Waals surface area contributed by atoms with E-state index in [1.54, 1.807) is 0 Å². The SMILES string of the molecule is CC1CN(C(=O)c2cccc(CCl)c2)CC(C)S1. The molecule has 1 aromatic carbocycles. The van der Waals surface area contributed by atoms with Crippen molar-refractivity contribution in [3.05, 3.63) is 35.4 Å². The second kappa shape index (κ2) is 5.98. The average molecular weight is 284 g/mol. The van der Waals surface area contributed by atoms with Crippen LogP contribution in [-0.2, 0) is 5.88 Å². The number of hydrogen-bond donors (Lipinski definition) is 0. The molecule has 1 aliphatic rings. The first kappa shape index (κ1) is 13.8. The van der Waals surface area contributed by atoms with Crippen LogP contribution in [0.3, 0.4) is 0 Å². The third-order valence-electron chi connectivity index (χ3n) is 3.04. The largest absolute Gasteiger partial charge is 0.336 e. The Balaban J connectivity index is 2.14. The lowest BCUT2D eigenvalue weighted by atomic mass is 10.1. The van der Waals surface area contributed by atoms with E-state index in [2.05, 4.69) is 13.8 Å². The number of thioether (sulfide) groups is 1. The molecule has 0 spiro atoms. The average Bonchev–Trinajstić information content (AvgIpc) is 2.37. The van der Waals surface area contributed by atoms with Crippen LogP contribution in [0.25, 0.3) is 0 Å². The zero-order valence-electron chi connectivity index (χ0n) is 10.7. The van der Waals surface area contributed by atoms with Gasteiger partial charge in [0, 0.05) is 35.0 Å². The van der Waals surface area contributed by atoms with E-state index in [0.29, 0.717) is 16.4 Å². The number of rotatable bonds is 2. The van der Waals surface area contributed by atoms with Gasteiger partial charge in [-0.2, -0.15) is 11.8 Å². The van der Waals surface area contributed by atoms with Crippen LogP contribution in [0.15, 0.2) is 24.3 Å². The monoisotopic (exact) mass is 283 g/mol. The number of nitrogens with zero attached hydrogens (tertiary/aromatic N) is 1. The number of benzene rings is 1. The zero-order valence-corrected chi connectivity index (χ0v) is 12.3. The van der Waals surface area contributed by atoms with Crippen molar-refractivity contribution >= 4 is 29.3 Å². The topological polar surface area (TPSA) is 20.3 Å². The first-order chi connectivity index (χ1) is 8.60. The van der Waals surface area contributed by atoms with Gasteiger partial charge < -0.3 is 4.90 Å². The number of amides is 1. The van der Waals surface area contributed by atoms with Crippen LogP contribution >= 0.6 is 23.4 Å². The molecule has 2 unspecified atom stereocenters. The van der Waals surface area contributed by atoms with E-state index >= 15 is 0 Å². The van der Waals surface area contributed by atoms with Gasteiger partial charge in [-0.25, -0.2) is 0 Å². The summed E-state index contributed by atoms with van der Waals surface area (Å²) in [6.07, 6.45) is 0. The molecule has 0 bridgehead atoms. The lowest BCUT2D eigenvalue weighted by molar-refractivity contribution is 0.0753. The maximum atomic E-state index is 12.4. The summed E-state index contributed by atoms with van der Waals surface area (Å²) in [6.45, 7) is 6.02. The molecule has 2 nitrogen and oxygen atoms in total. The van der Waals surface area contributed by atoms with Crippen LogP contribution in [0.4, 0.5) is 0 Å². The van der Waals surface area contributed by atoms with Gasteiger partial charge in [0.1, 0.15) is 0 Å². The van der Waals surface area contributed by atoms with Crippen LogP contribution in [0.2, 0.25) is 0 Å². The summed E-state index contributed by atoms with van der Waals surface area (Å²) in [7, 11) is 0. The van der Waals surface area contributed by atoms with Crippen molar-refractivity contribution in [1.82, 2.24) is 4.90 Å². The number of carbonyl (C=O) groups is 1. The molecule has 1 heterocycles. The summed E-state index contributed by atoms with van der Waals surface area (Å²) in [5.41, 5.74) is 1.74. The standard InChI is InChI=1S/C14H18ClNOS/c1-10-8-16(9-11(2)18-10)14(17)13-5-3-4-12(6-13)7-15/h3-6,10-11H,7-9H2,1-2H3. The maximum Gasteiger partial charge on any atom is 0.253 e. The highest BCUT2D eigenvalue weighted by molar-refractivity contribution is 8.00. The van der Waals surface area contributed by atoms with E-state index in [4.69, 9.17) is 11.6 Å². The Bertz CT molecular complexity index is 428. The second-order valence-electron chi connectivity index (χ2n) is 4.80. The minimum atomic E-state index is 0.126. The normalized spacial score (nSPS) is 24.1. The minimum Gasteiger partial charge on any atom is -0.336 e. The van der Waals surface area contributed by atoms with E-state index in [0.717, 1.165) is 24.2 Å². The van der Waals surface area contributed by atoms with Crippen LogP contribution in [-0.4, -0.2) is 34.4 Å². The van der Waals surface area contributed by atoms with Gasteiger partial charge in [0.15, 0.2) is 0 Å². The zero-order chi connectivity index (χ0) is 13.1. The van der Waals surface area contributed by atoms with Crippen molar-refractivity contribution in [3.8, 4) is 0 Å². The van der Waals surface area contributed by atoms with Crippen molar-refractivity contribution < 1.29 is 4.79 Å². The van der Waals surface area contributed by atoms with E-state index in [1.165, 1.54) is 0 Å². The van der Waals surface area contributed by atoms with Gasteiger partial charge in [-0.05, 0) is 17.7 Å². The number of halogens is 1. The summed E-state index contributed by atoms with van der Waals surface area (Å²) >= 11 is 7.76. The summed E-state index contributed by atoms with van der Waals surface area (Å²) in [5, 5.41) is 1.02. The predicted molar refractivity (Wildman–Crippen MR) is 78.4 cm³/mol. The smallest absolute Gasteiger partial charge is 0.253 e. The molecular formula is C14H18ClNOS. The maximum absolute atomic E-state index is 12.4. The quantitative estimate of drug-likeness (QED) is 0.776. The van der Waals surface area contributed by atoms with Crippen molar-refractivity contribution in [2.75, 3.05) is 13.1 Å². The van der Waals surface area contributed by atoms with Crippen LogP contribution < -0.4 is 0 Å². The van der Waals surface area contributed by atoms with Crippen LogP contribution in [0, 0.1) is 0 Å². The third-order valence-corrected chi connectivity index (χ3v) is 4.57. The van der Waals surface area contributed by atoms with E-state index in [-0.39, 0.29) is 5.91 Å². The molecule has 0 radical (unpaired) electrons. The molecule has 2 rings (SSSR count). The number of hydrogen-bond acceptors (Lipinski definition) is 2. The van der Waals surface area contributed by atoms with Crippen LogP contribution in [0.5, 0.6) is 0 Å². The molecule has 98 valence electrons. The fraction of sp³-hybridized carbons (Fsp3) is 0.500. The van der Waals surface area contributed by atoms with Crippen molar-refractivity contribution in [2.45, 2.75) is 30.2 Å². The molecule has 1 saturated heterocycles. The molecule has 0 aliphatic carbocycles. The molecule has 1 aromatic rings. The molecule has 4 heteroatoms. The van der Waals surface area contributed by atoms with Gasteiger partial charge >= 0.3 is 0 Å². The highest BCUT2D eigenvalue weighted by Crippen LogP contribution is 2.25. The molecule has 1 amide bonds. The summed E-state index contributed by atoms with van der Waals surface area (Å²) in [4.78, 5) is 14.4. The highest BCUT2D eigenvalue weighted by atomic mass is 35.5. The van der Waals surface area contributed by atoms with Gasteiger partial charge in [-0.1, -0.05) is 26.0 Å². The van der Waals surface area contributed by atoms with E-state index in [1.807, 2.05) is 40.9 Å². The fourth-order valence-corrected chi connectivity index (χ4v) is 3.81. The minimum absolute atomic E-state index is 0.126. The third kappa shape index (κ3) is 3.21. The van der Waals surface area contributed by atoms with Gasteiger partial charge in [-0.3, -0.25) is 4.79 Å². The summed E-state index contributed by atoms with van der Waals surface area (Å²) < 4.78 is 0. The Kier molecular flexibility index (Phi) is 4.57. The second-order valence-corrected chi connectivity index (χ2v) is 6.95. The predicted octanol–water partition coefficient (Wildman–Crippen LogP) is 3.39. The number of carbonyl (C=O) groups excluding carboxylic acids is 1. The molecule has 0 saturated carbocycles. The lowest BCUT2D eigenvalue weighted by Crippen LogP contribution is -2.44. The van der Waals surface area contributed by atoms with Gasteiger partial charge in [-0.15, -0.1) is 11.6 Å². The molecule has 18 heavy (non-hydrogen) atoms. The van der Waals surface area contributed by atoms with Crippen molar-refractivity contribution in [2.24, 2.45) is 0 Å².